The summed E-state index contributed by atoms with van der Waals surface area (Å²) in [7, 11) is 1.40. The van der Waals surface area contributed by atoms with Gasteiger partial charge in [-0.05, 0) is 23.8 Å². The molecule has 0 bridgehead atoms. The Morgan fingerprint density at radius 3 is 2.55 bits per heavy atom. The highest BCUT2D eigenvalue weighted by atomic mass is 19.1. The number of anilines is 1. The van der Waals surface area contributed by atoms with Gasteiger partial charge in [-0.25, -0.2) is 18.9 Å². The van der Waals surface area contributed by atoms with Gasteiger partial charge in [0.2, 0.25) is 0 Å². The summed E-state index contributed by atoms with van der Waals surface area (Å²) in [6.45, 7) is 1.51. The number of hydrogen-bond acceptors (Lipinski definition) is 8. The minimum absolute atomic E-state index is 0.0750. The van der Waals surface area contributed by atoms with Crippen molar-refractivity contribution < 1.29 is 23.5 Å². The molecule has 2 aromatic carbocycles. The van der Waals surface area contributed by atoms with Gasteiger partial charge >= 0.3 is 6.03 Å². The molecule has 13 nitrogen and oxygen atoms in total. The van der Waals surface area contributed by atoms with Crippen molar-refractivity contribution in [2.24, 2.45) is 11.7 Å². The second-order valence-corrected chi connectivity index (χ2v) is 9.27. The summed E-state index contributed by atoms with van der Waals surface area (Å²) in [5.41, 5.74) is 13.8. The Labute approximate surface area is 227 Å². The van der Waals surface area contributed by atoms with Gasteiger partial charge in [-0.2, -0.15) is 14.9 Å². The Balaban J connectivity index is 1.25. The number of hydrogen-bond donors (Lipinski definition) is 3. The molecule has 0 aliphatic carbocycles. The van der Waals surface area contributed by atoms with Crippen LogP contribution in [0.25, 0.3) is 11.3 Å². The van der Waals surface area contributed by atoms with Crippen LogP contribution in [0.5, 0.6) is 5.75 Å². The number of rotatable bonds is 8. The molecule has 0 saturated carbocycles. The second-order valence-electron chi connectivity index (χ2n) is 9.27. The Morgan fingerprint density at radius 1 is 1.15 bits per heavy atom. The predicted molar refractivity (Wildman–Crippen MR) is 141 cm³/mol. The average Bonchev–Trinajstić information content (AvgIpc) is 3.57. The number of nitrogens with one attached hydrogen (secondary N) is 1. The van der Waals surface area contributed by atoms with E-state index in [4.69, 9.17) is 16.2 Å². The molecule has 0 atom stereocenters. The SMILES string of the molecule is COc1ccc(F)cc1C(=O)NCc1ccc(-c2nn(CC3CN(C(=O)n4cncn4)C3)c(N)c2C(N)=O)cc1. The van der Waals surface area contributed by atoms with E-state index in [1.165, 1.54) is 36.6 Å². The van der Waals surface area contributed by atoms with Crippen LogP contribution in [-0.4, -0.2) is 67.5 Å². The van der Waals surface area contributed by atoms with Crippen LogP contribution in [0.15, 0.2) is 55.1 Å². The second kappa shape index (κ2) is 10.8. The molecule has 1 aliphatic heterocycles. The van der Waals surface area contributed by atoms with E-state index in [2.05, 4.69) is 20.5 Å². The number of aromatic nitrogens is 5. The summed E-state index contributed by atoms with van der Waals surface area (Å²) < 4.78 is 21.4. The third kappa shape index (κ3) is 5.18. The topological polar surface area (TPSA) is 176 Å². The normalized spacial score (nSPS) is 13.1. The Hall–Kier alpha value is -5.27. The summed E-state index contributed by atoms with van der Waals surface area (Å²) in [6.07, 6.45) is 2.63. The van der Waals surface area contributed by atoms with Gasteiger partial charge in [-0.3, -0.25) is 9.59 Å². The number of ether oxygens (including phenoxy) is 1. The molecule has 14 heteroatoms. The van der Waals surface area contributed by atoms with Gasteiger partial charge in [-0.15, -0.1) is 0 Å². The predicted octanol–water partition coefficient (Wildman–Crippen LogP) is 1.50. The molecule has 40 heavy (non-hydrogen) atoms. The molecular formula is C26H26FN9O4. The Morgan fingerprint density at radius 2 is 1.90 bits per heavy atom. The monoisotopic (exact) mass is 547 g/mol. The van der Waals surface area contributed by atoms with Crippen LogP contribution in [0.4, 0.5) is 15.0 Å². The average molecular weight is 548 g/mol. The van der Waals surface area contributed by atoms with E-state index in [1.54, 1.807) is 29.2 Å². The molecule has 0 radical (unpaired) electrons. The quantitative estimate of drug-likeness (QED) is 0.297. The smallest absolute Gasteiger partial charge is 0.346 e. The van der Waals surface area contributed by atoms with Gasteiger partial charge in [0.1, 0.15) is 41.3 Å². The first-order valence-corrected chi connectivity index (χ1v) is 12.3. The number of halogens is 1. The highest BCUT2D eigenvalue weighted by Crippen LogP contribution is 2.29. The van der Waals surface area contributed by atoms with Gasteiger partial charge in [0, 0.05) is 37.7 Å². The molecule has 5 rings (SSSR count). The number of likely N-dealkylation sites (tertiary alicyclic amines) is 1. The maximum absolute atomic E-state index is 13.6. The van der Waals surface area contributed by atoms with Crippen LogP contribution in [0, 0.1) is 11.7 Å². The minimum atomic E-state index is -0.712. The lowest BCUT2D eigenvalue weighted by molar-refractivity contribution is 0.0946. The van der Waals surface area contributed by atoms with Crippen LogP contribution in [-0.2, 0) is 13.1 Å². The number of nitrogens with two attached hydrogens (primary N) is 2. The fourth-order valence-electron chi connectivity index (χ4n) is 4.51. The van der Waals surface area contributed by atoms with E-state index in [0.29, 0.717) is 30.9 Å². The first-order chi connectivity index (χ1) is 19.2. The lowest BCUT2D eigenvalue weighted by Gasteiger charge is -2.38. The van der Waals surface area contributed by atoms with Crippen LogP contribution < -0.4 is 21.5 Å². The molecule has 0 spiro atoms. The summed E-state index contributed by atoms with van der Waals surface area (Å²) in [6, 6.07) is 10.4. The lowest BCUT2D eigenvalue weighted by Crippen LogP contribution is -2.53. The number of carbonyl (C=O) groups is 3. The summed E-state index contributed by atoms with van der Waals surface area (Å²) in [5, 5.41) is 11.1. The summed E-state index contributed by atoms with van der Waals surface area (Å²) in [4.78, 5) is 42.6. The molecule has 206 valence electrons. The van der Waals surface area contributed by atoms with Gasteiger partial charge in [-0.1, -0.05) is 24.3 Å². The molecule has 3 amide bonds. The number of primary amides is 1. The molecule has 3 heterocycles. The third-order valence-electron chi connectivity index (χ3n) is 6.60. The van der Waals surface area contributed by atoms with Crippen molar-refractivity contribution in [1.29, 1.82) is 0 Å². The van der Waals surface area contributed by atoms with Gasteiger partial charge < -0.3 is 26.4 Å². The highest BCUT2D eigenvalue weighted by molar-refractivity contribution is 6.03. The number of benzene rings is 2. The van der Waals surface area contributed by atoms with Crippen molar-refractivity contribution in [2.45, 2.75) is 13.1 Å². The fraction of sp³-hybridized carbons (Fsp3) is 0.231. The first kappa shape index (κ1) is 26.3. The number of methoxy groups -OCH3 is 1. The zero-order valence-corrected chi connectivity index (χ0v) is 21.5. The lowest BCUT2D eigenvalue weighted by atomic mass is 10.0. The maximum atomic E-state index is 13.6. The van der Waals surface area contributed by atoms with Crippen LogP contribution >= 0.6 is 0 Å². The summed E-state index contributed by atoms with van der Waals surface area (Å²) >= 11 is 0. The Kier molecular flexibility index (Phi) is 7.14. The minimum Gasteiger partial charge on any atom is -0.496 e. The first-order valence-electron chi connectivity index (χ1n) is 12.3. The number of nitrogens with zero attached hydrogens (tertiary/aromatic N) is 6. The van der Waals surface area contributed by atoms with Crippen molar-refractivity contribution in [3.63, 3.8) is 0 Å². The van der Waals surface area contributed by atoms with E-state index in [0.717, 1.165) is 16.3 Å². The molecule has 0 unspecified atom stereocenters. The molecule has 4 aromatic rings. The molecule has 1 aliphatic rings. The fourth-order valence-corrected chi connectivity index (χ4v) is 4.51. The molecule has 2 aromatic heterocycles. The van der Waals surface area contributed by atoms with Gasteiger partial charge in [0.05, 0.1) is 12.7 Å². The third-order valence-corrected chi connectivity index (χ3v) is 6.60. The van der Waals surface area contributed by atoms with E-state index in [9.17, 15) is 18.8 Å². The Bertz CT molecular complexity index is 1560. The van der Waals surface area contributed by atoms with Crippen LogP contribution in [0.2, 0.25) is 0 Å². The van der Waals surface area contributed by atoms with Crippen molar-refractivity contribution >= 4 is 23.7 Å². The zero-order chi connectivity index (χ0) is 28.4. The van der Waals surface area contributed by atoms with Crippen molar-refractivity contribution in [1.82, 2.24) is 34.8 Å². The van der Waals surface area contributed by atoms with E-state index in [-0.39, 0.29) is 41.2 Å². The van der Waals surface area contributed by atoms with Gasteiger partial charge in [0.25, 0.3) is 11.8 Å². The number of amides is 3. The van der Waals surface area contributed by atoms with E-state index in [1.807, 2.05) is 0 Å². The molecule has 5 N–H and O–H groups in total. The van der Waals surface area contributed by atoms with Crippen LogP contribution in [0.1, 0.15) is 26.3 Å². The number of carbonyl (C=O) groups excluding carboxylic acids is 3. The molecule has 1 saturated heterocycles. The van der Waals surface area contributed by atoms with Crippen molar-refractivity contribution in [3.8, 4) is 17.0 Å². The van der Waals surface area contributed by atoms with Gasteiger partial charge in [0.15, 0.2) is 0 Å². The maximum Gasteiger partial charge on any atom is 0.346 e. The number of nitrogen functional groups attached to an aromatic ring is 1. The van der Waals surface area contributed by atoms with Crippen molar-refractivity contribution in [2.75, 3.05) is 25.9 Å². The molecule has 1 fully saturated rings. The van der Waals surface area contributed by atoms with E-state index < -0.39 is 17.6 Å². The largest absolute Gasteiger partial charge is 0.496 e. The van der Waals surface area contributed by atoms with Crippen LogP contribution in [0.3, 0.4) is 0 Å². The molecular weight excluding hydrogens is 521 g/mol. The standard InChI is InChI=1S/C26H26FN9O4/c1-40-20-7-6-18(27)8-19(20)25(38)31-9-15-2-4-17(5-3-15)22-21(24(29)37)23(28)35(33-22)12-16-10-34(11-16)26(39)36-14-30-13-32-36/h2-8,13-14,16H,9-12,28H2,1H3,(H2,29,37)(H,31,38). The van der Waals surface area contributed by atoms with Crippen molar-refractivity contribution in [3.05, 3.63) is 77.6 Å². The zero-order valence-electron chi connectivity index (χ0n) is 21.5. The highest BCUT2D eigenvalue weighted by Gasteiger charge is 2.33. The summed E-state index contributed by atoms with van der Waals surface area (Å²) in [5.74, 6) is -1.27. The van der Waals surface area contributed by atoms with E-state index >= 15 is 0 Å².